The van der Waals surface area contributed by atoms with Gasteiger partial charge in [0.25, 0.3) is 5.91 Å². The lowest BCUT2D eigenvalue weighted by molar-refractivity contribution is 0.0934. The Kier molecular flexibility index (Phi) is 7.35. The first-order valence-electron chi connectivity index (χ1n) is 10.6. The molecule has 0 bridgehead atoms. The number of carbonyl (C=O) groups is 1. The number of piperazine rings is 1. The number of nitrogens with zero attached hydrogens (tertiary/aromatic N) is 2. The third-order valence-corrected chi connectivity index (χ3v) is 7.60. The van der Waals surface area contributed by atoms with Crippen LogP contribution in [0.4, 0.5) is 5.69 Å². The van der Waals surface area contributed by atoms with Crippen LogP contribution >= 0.6 is 0 Å². The molecule has 2 N–H and O–H groups in total. The maximum absolute atomic E-state index is 12.7. The van der Waals surface area contributed by atoms with E-state index < -0.39 is 10.0 Å². The molecular weight excluding hydrogens is 412 g/mol. The summed E-state index contributed by atoms with van der Waals surface area (Å²) in [6.07, 6.45) is 0. The molecule has 8 heteroatoms. The Labute approximate surface area is 185 Å². The Balaban J connectivity index is 1.59. The lowest BCUT2D eigenvalue weighted by Gasteiger charge is -2.39. The minimum Gasteiger partial charge on any atom is -0.369 e. The number of aryl methyl sites for hydroxylation is 1. The molecule has 1 amide bonds. The normalized spacial score (nSPS) is 16.2. The second-order valence-corrected chi connectivity index (χ2v) is 9.90. The van der Waals surface area contributed by atoms with E-state index in [1.165, 1.54) is 18.8 Å². The van der Waals surface area contributed by atoms with Crippen LogP contribution in [0.3, 0.4) is 0 Å². The molecule has 1 aliphatic heterocycles. The Morgan fingerprint density at radius 2 is 1.71 bits per heavy atom. The number of amides is 1. The van der Waals surface area contributed by atoms with Gasteiger partial charge in [0.1, 0.15) is 0 Å². The predicted molar refractivity (Wildman–Crippen MR) is 124 cm³/mol. The third kappa shape index (κ3) is 5.44. The van der Waals surface area contributed by atoms with Crippen LogP contribution in [-0.4, -0.2) is 65.0 Å². The zero-order chi connectivity index (χ0) is 22.6. The van der Waals surface area contributed by atoms with Crippen molar-refractivity contribution in [2.24, 2.45) is 0 Å². The van der Waals surface area contributed by atoms with Crippen molar-refractivity contribution in [3.05, 3.63) is 59.2 Å². The Bertz CT molecular complexity index is 1020. The summed E-state index contributed by atoms with van der Waals surface area (Å²) in [7, 11) is -2.26. The molecule has 0 radical (unpaired) electrons. The fourth-order valence-electron chi connectivity index (χ4n) is 3.88. The summed E-state index contributed by atoms with van der Waals surface area (Å²) in [4.78, 5) is 17.6. The Hall–Kier alpha value is -2.42. The maximum atomic E-state index is 12.7. The van der Waals surface area contributed by atoms with Crippen molar-refractivity contribution >= 4 is 21.6 Å². The number of benzene rings is 2. The third-order valence-electron chi connectivity index (χ3n) is 6.06. The zero-order valence-electron chi connectivity index (χ0n) is 18.7. The summed E-state index contributed by atoms with van der Waals surface area (Å²) in [6.45, 7) is 9.94. The number of para-hydroxylation sites is 1. The summed E-state index contributed by atoms with van der Waals surface area (Å²) in [5.41, 5.74) is 3.02. The van der Waals surface area contributed by atoms with Gasteiger partial charge in [-0.15, -0.1) is 0 Å². The molecule has 0 aliphatic carbocycles. The highest BCUT2D eigenvalue weighted by Crippen LogP contribution is 2.21. The van der Waals surface area contributed by atoms with Crippen molar-refractivity contribution in [3.8, 4) is 0 Å². The smallest absolute Gasteiger partial charge is 0.251 e. The van der Waals surface area contributed by atoms with E-state index in [9.17, 15) is 13.2 Å². The fraction of sp³-hybridized carbons (Fsp3) is 0.435. The molecule has 1 aliphatic rings. The topological polar surface area (TPSA) is 81.7 Å². The van der Waals surface area contributed by atoms with E-state index in [2.05, 4.69) is 51.0 Å². The summed E-state index contributed by atoms with van der Waals surface area (Å²) >= 11 is 0. The number of anilines is 1. The lowest BCUT2D eigenvalue weighted by Crippen LogP contribution is -2.52. The van der Waals surface area contributed by atoms with Gasteiger partial charge in [0.05, 0.1) is 4.90 Å². The van der Waals surface area contributed by atoms with Gasteiger partial charge < -0.3 is 10.2 Å². The molecule has 0 saturated carbocycles. The fourth-order valence-corrected chi connectivity index (χ4v) is 4.94. The van der Waals surface area contributed by atoms with Crippen LogP contribution in [0.5, 0.6) is 0 Å². The lowest BCUT2D eigenvalue weighted by atomic mass is 10.1. The van der Waals surface area contributed by atoms with Crippen molar-refractivity contribution in [3.63, 3.8) is 0 Å². The van der Waals surface area contributed by atoms with E-state index in [1.807, 2.05) is 13.0 Å². The van der Waals surface area contributed by atoms with Crippen molar-refractivity contribution in [1.82, 2.24) is 14.9 Å². The minimum atomic E-state index is -3.63. The number of carbonyl (C=O) groups excluding carboxylic acids is 1. The van der Waals surface area contributed by atoms with Crippen molar-refractivity contribution < 1.29 is 13.2 Å². The van der Waals surface area contributed by atoms with Crippen LogP contribution in [0.15, 0.2) is 47.4 Å². The first kappa shape index (κ1) is 23.2. The van der Waals surface area contributed by atoms with Crippen LogP contribution < -0.4 is 14.9 Å². The highest BCUT2D eigenvalue weighted by molar-refractivity contribution is 7.89. The standard InChI is InChI=1S/C23H32N4O3S/c1-17-14-20(15-22(19(17)3)31(29,30)24-4)23(28)25-16-18(2)26-10-12-27(13-11-26)21-8-6-5-7-9-21/h5-9,14-15,18,24H,10-13,16H2,1-4H3,(H,25,28). The zero-order valence-corrected chi connectivity index (χ0v) is 19.5. The minimum absolute atomic E-state index is 0.144. The van der Waals surface area contributed by atoms with Crippen molar-refractivity contribution in [2.75, 3.05) is 44.7 Å². The van der Waals surface area contributed by atoms with E-state index in [4.69, 9.17) is 0 Å². The number of sulfonamides is 1. The molecule has 0 spiro atoms. The first-order chi connectivity index (χ1) is 14.7. The van der Waals surface area contributed by atoms with Gasteiger partial charge in [-0.2, -0.15) is 0 Å². The van der Waals surface area contributed by atoms with Gasteiger partial charge in [-0.1, -0.05) is 18.2 Å². The number of hydrogen-bond acceptors (Lipinski definition) is 5. The summed E-state index contributed by atoms with van der Waals surface area (Å²) in [6, 6.07) is 13.8. The van der Waals surface area contributed by atoms with Crippen LogP contribution in [-0.2, 0) is 10.0 Å². The van der Waals surface area contributed by atoms with E-state index in [-0.39, 0.29) is 16.8 Å². The first-order valence-corrected chi connectivity index (χ1v) is 12.1. The molecule has 7 nitrogen and oxygen atoms in total. The molecule has 2 aromatic rings. The maximum Gasteiger partial charge on any atom is 0.251 e. The van der Waals surface area contributed by atoms with Gasteiger partial charge in [-0.3, -0.25) is 9.69 Å². The van der Waals surface area contributed by atoms with Gasteiger partial charge in [0, 0.05) is 50.0 Å². The van der Waals surface area contributed by atoms with Crippen molar-refractivity contribution in [2.45, 2.75) is 31.7 Å². The second-order valence-electron chi connectivity index (χ2n) is 8.04. The molecule has 3 rings (SSSR count). The van der Waals surface area contributed by atoms with E-state index in [1.54, 1.807) is 13.0 Å². The number of hydrogen-bond donors (Lipinski definition) is 2. The van der Waals surface area contributed by atoms with Gasteiger partial charge in [0.15, 0.2) is 0 Å². The second kappa shape index (κ2) is 9.80. The largest absolute Gasteiger partial charge is 0.369 e. The Morgan fingerprint density at radius 3 is 2.32 bits per heavy atom. The van der Waals surface area contributed by atoms with Crippen LogP contribution in [0.2, 0.25) is 0 Å². The summed E-state index contributed by atoms with van der Waals surface area (Å²) in [5.74, 6) is -0.259. The predicted octanol–water partition coefficient (Wildman–Crippen LogP) is 2.15. The molecule has 1 heterocycles. The molecule has 168 valence electrons. The molecule has 0 aromatic heterocycles. The van der Waals surface area contributed by atoms with E-state index in [0.717, 1.165) is 31.7 Å². The molecule has 2 aromatic carbocycles. The van der Waals surface area contributed by atoms with Crippen LogP contribution in [0, 0.1) is 13.8 Å². The average molecular weight is 445 g/mol. The van der Waals surface area contributed by atoms with Crippen LogP contribution in [0.25, 0.3) is 0 Å². The summed E-state index contributed by atoms with van der Waals surface area (Å²) in [5, 5.41) is 2.97. The Morgan fingerprint density at radius 1 is 1.06 bits per heavy atom. The molecule has 1 unspecified atom stereocenters. The molecule has 1 saturated heterocycles. The number of rotatable bonds is 7. The van der Waals surface area contributed by atoms with Crippen LogP contribution in [0.1, 0.15) is 28.4 Å². The van der Waals surface area contributed by atoms with Gasteiger partial charge in [0.2, 0.25) is 10.0 Å². The highest BCUT2D eigenvalue weighted by Gasteiger charge is 2.23. The molecule has 1 atom stereocenters. The van der Waals surface area contributed by atoms with E-state index in [0.29, 0.717) is 17.7 Å². The van der Waals surface area contributed by atoms with Gasteiger partial charge >= 0.3 is 0 Å². The molecule has 31 heavy (non-hydrogen) atoms. The monoisotopic (exact) mass is 444 g/mol. The van der Waals surface area contributed by atoms with E-state index >= 15 is 0 Å². The SMILES string of the molecule is CNS(=O)(=O)c1cc(C(=O)NCC(C)N2CCN(c3ccccc3)CC2)cc(C)c1C. The number of nitrogens with one attached hydrogen (secondary N) is 2. The van der Waals surface area contributed by atoms with Gasteiger partial charge in [-0.05, 0) is 63.2 Å². The van der Waals surface area contributed by atoms with Crippen molar-refractivity contribution in [1.29, 1.82) is 0 Å². The molecule has 1 fully saturated rings. The highest BCUT2D eigenvalue weighted by atomic mass is 32.2. The quantitative estimate of drug-likeness (QED) is 0.684. The average Bonchev–Trinajstić information content (AvgIpc) is 2.79. The van der Waals surface area contributed by atoms with Gasteiger partial charge in [-0.25, -0.2) is 13.1 Å². The summed E-state index contributed by atoms with van der Waals surface area (Å²) < 4.78 is 26.9. The molecular formula is C23H32N4O3S.